The predicted molar refractivity (Wildman–Crippen MR) is 36.0 cm³/mol. The molecule has 6 nitrogen and oxygen atoms in total. The molecule has 1 rings (SSSR count). The molecular weight excluding hydrogens is 168 g/mol. The molecule has 0 spiro atoms. The van der Waals surface area contributed by atoms with Crippen LogP contribution in [0.5, 0.6) is 0 Å². The first kappa shape index (κ1) is 8.36. The third-order valence-electron chi connectivity index (χ3n) is 1.76. The smallest absolute Gasteiger partial charge is 0.184 e. The molecule has 0 aliphatic carbocycles. The van der Waals surface area contributed by atoms with Gasteiger partial charge in [-0.2, -0.15) is 0 Å². The van der Waals surface area contributed by atoms with Gasteiger partial charge in [-0.3, -0.25) is 0 Å². The van der Waals surface area contributed by atoms with Gasteiger partial charge in [0.2, 0.25) is 0 Å². The third kappa shape index (κ3) is 1.58. The van der Waals surface area contributed by atoms with Crippen LogP contribution in [-0.2, 0) is 4.74 Å². The van der Waals surface area contributed by atoms with Crippen LogP contribution in [0.4, 0.5) is 0 Å². The molecule has 0 aromatic heterocycles. The molecule has 0 aromatic carbocycles. The molecule has 1 saturated heterocycles. The number of rotatable bonds is 1. The minimum Gasteiger partial charge on any atom is -0.394 e. The zero-order valence-corrected chi connectivity index (χ0v) is 6.16. The van der Waals surface area contributed by atoms with Crippen molar-refractivity contribution in [2.45, 2.75) is 30.7 Å². The molecule has 0 unspecified atom stereocenters. The van der Waals surface area contributed by atoms with Crippen molar-refractivity contribution in [1.82, 2.24) is 0 Å². The second kappa shape index (κ2) is 3.65. The molecule has 5 atom stereocenters. The van der Waals surface area contributed by atoms with E-state index in [0.717, 1.165) is 0 Å². The van der Waals surface area contributed by atoms with Gasteiger partial charge in [-0.15, -0.1) is 0 Å². The van der Waals surface area contributed by atoms with Gasteiger partial charge >= 0.3 is 0 Å². The number of aliphatic hydroxyl groups is 5. The first-order valence-electron chi connectivity index (χ1n) is 3.95. The minimum absolute atomic E-state index is 0.661. The Morgan fingerprint density at radius 1 is 1.08 bits per heavy atom. The van der Waals surface area contributed by atoms with Gasteiger partial charge in [-0.05, 0) is 0 Å². The van der Waals surface area contributed by atoms with Crippen LogP contribution in [0.2, 0.25) is 0 Å². The summed E-state index contributed by atoms with van der Waals surface area (Å²) in [6.45, 7) is -0.661. The van der Waals surface area contributed by atoms with Crippen LogP contribution in [-0.4, -0.2) is 62.8 Å². The molecular formula is C6H12O6. The van der Waals surface area contributed by atoms with Crippen LogP contribution in [0.3, 0.4) is 0 Å². The standard InChI is InChI=1S/C6H12O6/c7-1-2-3(8)4(9)5(10)6(11)12-2/h2-11H,1H2/t2-,3-,4+,5-,6+/m1/s1/i6D. The topological polar surface area (TPSA) is 110 Å². The van der Waals surface area contributed by atoms with Crippen molar-refractivity contribution in [2.75, 3.05) is 6.61 Å². The van der Waals surface area contributed by atoms with Crippen molar-refractivity contribution in [3.8, 4) is 0 Å². The molecule has 72 valence electrons. The maximum Gasteiger partial charge on any atom is 0.184 e. The largest absolute Gasteiger partial charge is 0.394 e. The fraction of sp³-hybridized carbons (Fsp3) is 1.00. The highest BCUT2D eigenvalue weighted by molar-refractivity contribution is 4.87. The number of hydrogen-bond donors (Lipinski definition) is 5. The molecule has 1 aliphatic rings. The molecule has 0 bridgehead atoms. The molecule has 1 fully saturated rings. The van der Waals surface area contributed by atoms with Gasteiger partial charge in [-0.25, -0.2) is 0 Å². The summed E-state index contributed by atoms with van der Waals surface area (Å²) >= 11 is 0. The van der Waals surface area contributed by atoms with E-state index in [4.69, 9.17) is 26.9 Å². The van der Waals surface area contributed by atoms with Crippen molar-refractivity contribution >= 4 is 0 Å². The normalized spacial score (nSPS) is 56.6. The van der Waals surface area contributed by atoms with Gasteiger partial charge in [0, 0.05) is 0 Å². The first-order valence-corrected chi connectivity index (χ1v) is 3.45. The molecule has 1 aliphatic heterocycles. The molecule has 0 saturated carbocycles. The van der Waals surface area contributed by atoms with Gasteiger partial charge in [-0.1, -0.05) is 0 Å². The van der Waals surface area contributed by atoms with Crippen molar-refractivity contribution in [2.24, 2.45) is 0 Å². The summed E-state index contributed by atoms with van der Waals surface area (Å²) in [5, 5.41) is 45.0. The lowest BCUT2D eigenvalue weighted by molar-refractivity contribution is -0.286. The van der Waals surface area contributed by atoms with E-state index in [-0.39, 0.29) is 0 Å². The van der Waals surface area contributed by atoms with Crippen LogP contribution in [0.1, 0.15) is 1.37 Å². The molecule has 5 N–H and O–H groups in total. The third-order valence-corrected chi connectivity index (χ3v) is 1.76. The van der Waals surface area contributed by atoms with Crippen molar-refractivity contribution in [1.29, 1.82) is 0 Å². The average molecular weight is 181 g/mol. The fourth-order valence-corrected chi connectivity index (χ4v) is 0.993. The summed E-state index contributed by atoms with van der Waals surface area (Å²) < 4.78 is 11.4. The van der Waals surface area contributed by atoms with Crippen molar-refractivity contribution < 1.29 is 31.6 Å². The minimum atomic E-state index is -2.70. The van der Waals surface area contributed by atoms with E-state index < -0.39 is 37.3 Å². The fourth-order valence-electron chi connectivity index (χ4n) is 0.993. The van der Waals surface area contributed by atoms with Gasteiger partial charge < -0.3 is 30.3 Å². The lowest BCUT2D eigenvalue weighted by Gasteiger charge is -2.37. The van der Waals surface area contributed by atoms with Crippen molar-refractivity contribution in [3.05, 3.63) is 0 Å². The Bertz CT molecular complexity index is 184. The van der Waals surface area contributed by atoms with Crippen LogP contribution in [0, 0.1) is 0 Å². The number of aliphatic hydroxyl groups excluding tert-OH is 4. The molecule has 0 aromatic rings. The zero-order valence-electron chi connectivity index (χ0n) is 7.16. The van der Waals surface area contributed by atoms with Gasteiger partial charge in [0.1, 0.15) is 24.4 Å². The van der Waals surface area contributed by atoms with Crippen LogP contribution in [0.15, 0.2) is 0 Å². The van der Waals surface area contributed by atoms with Crippen molar-refractivity contribution in [3.63, 3.8) is 0 Å². The van der Waals surface area contributed by atoms with Crippen LogP contribution in [0.25, 0.3) is 0 Å². The zero-order chi connectivity index (χ0) is 10.2. The Morgan fingerprint density at radius 2 is 1.67 bits per heavy atom. The summed E-state index contributed by atoms with van der Waals surface area (Å²) in [4.78, 5) is 0. The molecule has 0 radical (unpaired) electrons. The Labute approximate surface area is 70.0 Å². The van der Waals surface area contributed by atoms with Gasteiger partial charge in [0.05, 0.1) is 7.98 Å². The lowest BCUT2D eigenvalue weighted by Crippen LogP contribution is -2.58. The van der Waals surface area contributed by atoms with Crippen LogP contribution >= 0.6 is 0 Å². The molecule has 6 heteroatoms. The van der Waals surface area contributed by atoms with Gasteiger partial charge in [0.25, 0.3) is 0 Å². The predicted octanol–water partition coefficient (Wildman–Crippen LogP) is -3.22. The maximum absolute atomic E-state index is 9.15. The highest BCUT2D eigenvalue weighted by Crippen LogP contribution is 2.18. The summed E-state index contributed by atoms with van der Waals surface area (Å²) in [5.41, 5.74) is 0. The quantitative estimate of drug-likeness (QED) is 0.291. The Hall–Kier alpha value is -0.240. The van der Waals surface area contributed by atoms with E-state index in [1.165, 1.54) is 0 Å². The van der Waals surface area contributed by atoms with Gasteiger partial charge in [0.15, 0.2) is 6.27 Å². The SMILES string of the molecule is [2H][C@]1(O)O[C@H](CO)[C@@H](O)[C@H](O)[C@H]1O. The van der Waals surface area contributed by atoms with E-state index in [9.17, 15) is 0 Å². The second-order valence-electron chi connectivity index (χ2n) is 2.60. The highest BCUT2D eigenvalue weighted by Gasteiger charge is 2.42. The summed E-state index contributed by atoms with van der Waals surface area (Å²) in [5.74, 6) is 0. The maximum atomic E-state index is 9.15. The van der Waals surface area contributed by atoms with E-state index in [1.54, 1.807) is 0 Å². The summed E-state index contributed by atoms with van der Waals surface area (Å²) in [6.07, 6.45) is -9.14. The van der Waals surface area contributed by atoms with E-state index in [2.05, 4.69) is 4.74 Å². The monoisotopic (exact) mass is 181 g/mol. The highest BCUT2D eigenvalue weighted by atomic mass is 16.6. The van der Waals surface area contributed by atoms with Crippen LogP contribution < -0.4 is 0 Å². The number of hydrogen-bond acceptors (Lipinski definition) is 6. The first-order chi connectivity index (χ1) is 5.90. The molecule has 0 amide bonds. The Balaban J connectivity index is 2.79. The Morgan fingerprint density at radius 3 is 2.17 bits per heavy atom. The number of ether oxygens (including phenoxy) is 1. The average Bonchev–Trinajstić information content (AvgIpc) is 2.08. The summed E-state index contributed by atoms with van der Waals surface area (Å²) in [6, 6.07) is 0. The van der Waals surface area contributed by atoms with E-state index in [0.29, 0.717) is 0 Å². The lowest BCUT2D eigenvalue weighted by atomic mass is 10.00. The second-order valence-corrected chi connectivity index (χ2v) is 2.60. The molecule has 12 heavy (non-hydrogen) atoms. The summed E-state index contributed by atoms with van der Waals surface area (Å²) in [7, 11) is 0. The molecule has 1 heterocycles. The Kier molecular flexibility index (Phi) is 2.54. The van der Waals surface area contributed by atoms with E-state index in [1.807, 2.05) is 0 Å². The van der Waals surface area contributed by atoms with E-state index >= 15 is 0 Å².